The highest BCUT2D eigenvalue weighted by Gasteiger charge is 2.20. The molecule has 4 aromatic rings. The molecular weight excluding hydrogens is 470 g/mol. The average Bonchev–Trinajstić information content (AvgIpc) is 3.14. The Bertz CT molecular complexity index is 1480. The lowest BCUT2D eigenvalue weighted by atomic mass is 10.1. The van der Waals surface area contributed by atoms with Gasteiger partial charge in [0.1, 0.15) is 0 Å². The van der Waals surface area contributed by atoms with Gasteiger partial charge in [0.25, 0.3) is 15.9 Å². The molecule has 34 heavy (non-hydrogen) atoms. The summed E-state index contributed by atoms with van der Waals surface area (Å²) in [7, 11) is -3.98. The van der Waals surface area contributed by atoms with Gasteiger partial charge < -0.3 is 5.32 Å². The highest BCUT2D eigenvalue weighted by molar-refractivity contribution is 7.92. The predicted molar refractivity (Wildman–Crippen MR) is 136 cm³/mol. The van der Waals surface area contributed by atoms with Crippen molar-refractivity contribution in [1.82, 2.24) is 9.88 Å². The molecule has 2 N–H and O–H groups in total. The summed E-state index contributed by atoms with van der Waals surface area (Å²) in [5.74, 6) is -0.335. The van der Waals surface area contributed by atoms with Crippen molar-refractivity contribution in [3.63, 3.8) is 0 Å². The van der Waals surface area contributed by atoms with Crippen LogP contribution in [0.2, 0.25) is 0 Å². The standard InChI is InChI=1S/C25H25N3O4S2/c1-2-3-15-26-24(29)20-11-7-8-12-21(20)27-34(31,32)19-13-14-22-23(16-19)33-25(30)28(22)17-18-9-5-4-6-10-18/h4-14,16,27H,2-3,15,17H2,1H3,(H,26,29). The van der Waals surface area contributed by atoms with Crippen molar-refractivity contribution in [1.29, 1.82) is 0 Å². The predicted octanol–water partition coefficient (Wildman–Crippen LogP) is 4.44. The Balaban J connectivity index is 1.61. The van der Waals surface area contributed by atoms with Crippen LogP contribution in [0.15, 0.2) is 82.5 Å². The first-order chi connectivity index (χ1) is 16.4. The summed E-state index contributed by atoms with van der Waals surface area (Å²) in [6.45, 7) is 2.95. The van der Waals surface area contributed by atoms with E-state index in [0.29, 0.717) is 23.3 Å². The largest absolute Gasteiger partial charge is 0.352 e. The number of carbonyl (C=O) groups excluding carboxylic acids is 1. The van der Waals surface area contributed by atoms with Crippen LogP contribution in [-0.2, 0) is 16.6 Å². The summed E-state index contributed by atoms with van der Waals surface area (Å²) in [5.41, 5.74) is 2.11. The Morgan fingerprint density at radius 1 is 1.00 bits per heavy atom. The third kappa shape index (κ3) is 5.21. The van der Waals surface area contributed by atoms with Crippen LogP contribution in [0, 0.1) is 0 Å². The number of sulfonamides is 1. The van der Waals surface area contributed by atoms with Crippen molar-refractivity contribution in [2.75, 3.05) is 11.3 Å². The molecule has 0 aliphatic rings. The second kappa shape index (κ2) is 10.2. The maximum atomic E-state index is 13.1. The number of hydrogen-bond acceptors (Lipinski definition) is 5. The van der Waals surface area contributed by atoms with Gasteiger partial charge in [0.05, 0.1) is 32.9 Å². The van der Waals surface area contributed by atoms with Crippen molar-refractivity contribution in [3.8, 4) is 0 Å². The third-order valence-electron chi connectivity index (χ3n) is 5.37. The summed E-state index contributed by atoms with van der Waals surface area (Å²) < 4.78 is 31.0. The number of anilines is 1. The van der Waals surface area contributed by atoms with Gasteiger partial charge in [-0.2, -0.15) is 0 Å². The smallest absolute Gasteiger partial charge is 0.308 e. The number of rotatable bonds is 9. The van der Waals surface area contributed by atoms with E-state index in [1.807, 2.05) is 37.3 Å². The van der Waals surface area contributed by atoms with Crippen molar-refractivity contribution in [2.24, 2.45) is 0 Å². The first kappa shape index (κ1) is 23.7. The first-order valence-electron chi connectivity index (χ1n) is 11.0. The molecule has 0 saturated heterocycles. The van der Waals surface area contributed by atoms with Gasteiger partial charge in [-0.25, -0.2) is 8.42 Å². The van der Waals surface area contributed by atoms with Crippen LogP contribution in [0.4, 0.5) is 5.69 Å². The maximum absolute atomic E-state index is 13.1. The first-order valence-corrected chi connectivity index (χ1v) is 13.3. The number of carbonyl (C=O) groups is 1. The van der Waals surface area contributed by atoms with Crippen molar-refractivity contribution in [2.45, 2.75) is 31.2 Å². The molecule has 9 heteroatoms. The summed E-state index contributed by atoms with van der Waals surface area (Å²) in [6.07, 6.45) is 1.78. The lowest BCUT2D eigenvalue weighted by Gasteiger charge is -2.13. The quantitative estimate of drug-likeness (QED) is 0.336. The van der Waals surface area contributed by atoms with Crippen LogP contribution in [0.5, 0.6) is 0 Å². The monoisotopic (exact) mass is 495 g/mol. The molecule has 0 saturated carbocycles. The van der Waals surface area contributed by atoms with Crippen LogP contribution in [0.3, 0.4) is 0 Å². The van der Waals surface area contributed by atoms with Crippen molar-refractivity contribution in [3.05, 3.63) is 93.6 Å². The van der Waals surface area contributed by atoms with E-state index in [-0.39, 0.29) is 26.9 Å². The molecule has 0 atom stereocenters. The SMILES string of the molecule is CCCCNC(=O)c1ccccc1NS(=O)(=O)c1ccc2c(c1)sc(=O)n2Cc1ccccc1. The molecule has 7 nitrogen and oxygen atoms in total. The molecule has 176 valence electrons. The van der Waals surface area contributed by atoms with E-state index in [1.54, 1.807) is 34.9 Å². The van der Waals surface area contributed by atoms with Gasteiger partial charge in [-0.05, 0) is 42.3 Å². The molecule has 1 aromatic heterocycles. The average molecular weight is 496 g/mol. The molecule has 0 aliphatic carbocycles. The number of aromatic nitrogens is 1. The van der Waals surface area contributed by atoms with Gasteiger partial charge in [0.2, 0.25) is 0 Å². The van der Waals surface area contributed by atoms with Gasteiger partial charge in [-0.3, -0.25) is 18.9 Å². The molecular formula is C25H25N3O4S2. The molecule has 0 unspecified atom stereocenters. The van der Waals surface area contributed by atoms with Crippen LogP contribution < -0.4 is 14.9 Å². The minimum absolute atomic E-state index is 0.0225. The van der Waals surface area contributed by atoms with E-state index in [4.69, 9.17) is 0 Å². The fourth-order valence-electron chi connectivity index (χ4n) is 3.58. The Labute approximate surface area is 202 Å². The molecule has 0 spiro atoms. The zero-order chi connectivity index (χ0) is 24.1. The third-order valence-corrected chi connectivity index (χ3v) is 7.67. The highest BCUT2D eigenvalue weighted by atomic mass is 32.2. The number of hydrogen-bond donors (Lipinski definition) is 2. The molecule has 3 aromatic carbocycles. The van der Waals surface area contributed by atoms with E-state index in [9.17, 15) is 18.0 Å². The number of nitrogens with zero attached hydrogens (tertiary/aromatic N) is 1. The van der Waals surface area contributed by atoms with E-state index in [2.05, 4.69) is 10.0 Å². The Hall–Kier alpha value is -3.43. The normalized spacial score (nSPS) is 11.4. The van der Waals surface area contributed by atoms with E-state index < -0.39 is 10.0 Å². The number of para-hydroxylation sites is 1. The minimum atomic E-state index is -3.98. The number of amides is 1. The Morgan fingerprint density at radius 2 is 1.74 bits per heavy atom. The molecule has 1 amide bonds. The summed E-state index contributed by atoms with van der Waals surface area (Å²) >= 11 is 1.00. The fourth-order valence-corrected chi connectivity index (χ4v) is 5.69. The number of thiazole rings is 1. The Morgan fingerprint density at radius 3 is 2.50 bits per heavy atom. The Kier molecular flexibility index (Phi) is 7.14. The number of fused-ring (bicyclic) bond motifs is 1. The maximum Gasteiger partial charge on any atom is 0.308 e. The van der Waals surface area contributed by atoms with Crippen molar-refractivity contribution < 1.29 is 13.2 Å². The summed E-state index contributed by atoms with van der Waals surface area (Å²) in [5, 5.41) is 2.81. The van der Waals surface area contributed by atoms with Gasteiger partial charge >= 0.3 is 4.87 Å². The van der Waals surface area contributed by atoms with E-state index in [1.165, 1.54) is 12.1 Å². The highest BCUT2D eigenvalue weighted by Crippen LogP contribution is 2.25. The second-order valence-electron chi connectivity index (χ2n) is 7.83. The van der Waals surface area contributed by atoms with Crippen molar-refractivity contribution >= 4 is 43.2 Å². The van der Waals surface area contributed by atoms with Gasteiger partial charge in [0, 0.05) is 6.54 Å². The molecule has 0 aliphatic heterocycles. The number of benzene rings is 3. The van der Waals surface area contributed by atoms with E-state index >= 15 is 0 Å². The minimum Gasteiger partial charge on any atom is -0.352 e. The lowest BCUT2D eigenvalue weighted by Crippen LogP contribution is -2.26. The number of nitrogens with one attached hydrogen (secondary N) is 2. The topological polar surface area (TPSA) is 97.3 Å². The fraction of sp³-hybridized carbons (Fsp3) is 0.200. The van der Waals surface area contributed by atoms with Gasteiger partial charge in [-0.1, -0.05) is 67.1 Å². The molecule has 1 heterocycles. The van der Waals surface area contributed by atoms with Gasteiger partial charge in [0.15, 0.2) is 0 Å². The molecule has 0 bridgehead atoms. The summed E-state index contributed by atoms with van der Waals surface area (Å²) in [6, 6.07) is 20.7. The van der Waals surface area contributed by atoms with Crippen LogP contribution in [-0.4, -0.2) is 25.4 Å². The van der Waals surface area contributed by atoms with Crippen LogP contribution in [0.1, 0.15) is 35.7 Å². The van der Waals surface area contributed by atoms with Crippen LogP contribution in [0.25, 0.3) is 10.2 Å². The molecule has 0 radical (unpaired) electrons. The zero-order valence-electron chi connectivity index (χ0n) is 18.7. The lowest BCUT2D eigenvalue weighted by molar-refractivity contribution is 0.0954. The molecule has 0 fully saturated rings. The summed E-state index contributed by atoms with van der Waals surface area (Å²) in [4.78, 5) is 25.0. The van der Waals surface area contributed by atoms with Gasteiger partial charge in [-0.15, -0.1) is 0 Å². The molecule has 4 rings (SSSR count). The van der Waals surface area contributed by atoms with E-state index in [0.717, 1.165) is 29.7 Å². The zero-order valence-corrected chi connectivity index (χ0v) is 20.3. The second-order valence-corrected chi connectivity index (χ2v) is 10.5. The van der Waals surface area contributed by atoms with Crippen LogP contribution >= 0.6 is 11.3 Å². The number of unbranched alkanes of at least 4 members (excludes halogenated alkanes) is 1.